The lowest BCUT2D eigenvalue weighted by Crippen LogP contribution is -2.29. The molecular weight excluding hydrogens is 298 g/mol. The van der Waals surface area contributed by atoms with Gasteiger partial charge in [0.15, 0.2) is 5.75 Å². The van der Waals surface area contributed by atoms with Crippen molar-refractivity contribution in [1.29, 1.82) is 0 Å². The monoisotopic (exact) mass is 325 g/mol. The van der Waals surface area contributed by atoms with Crippen molar-refractivity contribution in [3.05, 3.63) is 23.8 Å². The molecule has 6 heteroatoms. The second kappa shape index (κ2) is 6.66. The van der Waals surface area contributed by atoms with Crippen LogP contribution in [0.5, 0.6) is 11.5 Å². The highest BCUT2D eigenvalue weighted by atomic mass is 28.4. The van der Waals surface area contributed by atoms with Crippen LogP contribution in [0.15, 0.2) is 23.4 Å². The van der Waals surface area contributed by atoms with Crippen molar-refractivity contribution >= 4 is 22.3 Å². The van der Waals surface area contributed by atoms with Gasteiger partial charge < -0.3 is 13.7 Å². The summed E-state index contributed by atoms with van der Waals surface area (Å²) in [6.45, 7) is 14.7. The van der Waals surface area contributed by atoms with E-state index in [0.29, 0.717) is 0 Å². The average molecular weight is 326 g/mol. The SMILES string of the molecule is COc1cc(/C(C)=N\O[Si](C)(C)C)ccc1O[Si](C)(C)C. The Kier molecular flexibility index (Phi) is 5.63. The molecule has 4 nitrogen and oxygen atoms in total. The van der Waals surface area contributed by atoms with E-state index in [4.69, 9.17) is 13.7 Å². The molecule has 0 unspecified atom stereocenters. The molecule has 0 aliphatic rings. The van der Waals surface area contributed by atoms with Gasteiger partial charge in [0.2, 0.25) is 8.32 Å². The molecule has 0 atom stereocenters. The standard InChI is InChI=1S/C15H27NO3Si2/c1-12(16-19-21(6,7)8)13-9-10-14(15(11-13)17-2)18-20(3,4)5/h9-11H,1-8H3/b16-12-. The Bertz CT molecular complexity index is 517. The van der Waals surface area contributed by atoms with Gasteiger partial charge in [-0.05, 0) is 64.4 Å². The van der Waals surface area contributed by atoms with Crippen LogP contribution in [0.4, 0.5) is 0 Å². The molecule has 0 amide bonds. The lowest BCUT2D eigenvalue weighted by Gasteiger charge is -2.21. The van der Waals surface area contributed by atoms with Crippen LogP contribution < -0.4 is 9.16 Å². The maximum absolute atomic E-state index is 6.02. The third-order valence-corrected chi connectivity index (χ3v) is 3.93. The number of methoxy groups -OCH3 is 1. The van der Waals surface area contributed by atoms with E-state index in [1.54, 1.807) is 7.11 Å². The smallest absolute Gasteiger partial charge is 0.278 e. The van der Waals surface area contributed by atoms with Crippen LogP contribution in [0.2, 0.25) is 39.3 Å². The molecule has 0 saturated heterocycles. The number of hydrogen-bond donors (Lipinski definition) is 0. The second-order valence-electron chi connectivity index (χ2n) is 6.96. The van der Waals surface area contributed by atoms with Gasteiger partial charge in [0.1, 0.15) is 5.75 Å². The summed E-state index contributed by atoms with van der Waals surface area (Å²) in [7, 11) is -1.66. The molecule has 1 aromatic carbocycles. The van der Waals surface area contributed by atoms with Crippen LogP contribution >= 0.6 is 0 Å². The molecule has 0 fully saturated rings. The van der Waals surface area contributed by atoms with E-state index in [0.717, 1.165) is 22.8 Å². The molecule has 0 aromatic heterocycles. The highest BCUT2D eigenvalue weighted by Gasteiger charge is 2.19. The van der Waals surface area contributed by atoms with Gasteiger partial charge in [-0.15, -0.1) is 5.16 Å². The average Bonchev–Trinajstić information content (AvgIpc) is 2.33. The molecular formula is C15H27NO3Si2. The Morgan fingerprint density at radius 2 is 1.57 bits per heavy atom. The fraction of sp³-hybridized carbons (Fsp3) is 0.533. The van der Waals surface area contributed by atoms with E-state index in [9.17, 15) is 0 Å². The van der Waals surface area contributed by atoms with Crippen LogP contribution in [-0.2, 0) is 4.53 Å². The summed E-state index contributed by atoms with van der Waals surface area (Å²) in [4.78, 5) is 0. The summed E-state index contributed by atoms with van der Waals surface area (Å²) in [6, 6.07) is 5.88. The zero-order chi connectivity index (χ0) is 16.3. The molecule has 0 bridgehead atoms. The summed E-state index contributed by atoms with van der Waals surface area (Å²) in [5.74, 6) is 1.52. The maximum atomic E-state index is 6.02. The van der Waals surface area contributed by atoms with Crippen molar-refractivity contribution in [2.24, 2.45) is 5.16 Å². The molecule has 0 heterocycles. The van der Waals surface area contributed by atoms with Crippen LogP contribution in [0.25, 0.3) is 0 Å². The van der Waals surface area contributed by atoms with Crippen molar-refractivity contribution in [3.8, 4) is 11.5 Å². The fourth-order valence-corrected chi connectivity index (χ4v) is 2.80. The first-order valence-corrected chi connectivity index (χ1v) is 13.9. The molecule has 0 N–H and O–H groups in total. The highest BCUT2D eigenvalue weighted by Crippen LogP contribution is 2.30. The lowest BCUT2D eigenvalue weighted by molar-refractivity contribution is 0.335. The first-order chi connectivity index (χ1) is 9.52. The molecule has 1 rings (SSSR count). The zero-order valence-corrected chi connectivity index (χ0v) is 16.4. The molecule has 0 spiro atoms. The van der Waals surface area contributed by atoms with Gasteiger partial charge in [-0.25, -0.2) is 0 Å². The van der Waals surface area contributed by atoms with E-state index < -0.39 is 16.6 Å². The third-order valence-electron chi connectivity index (χ3n) is 2.45. The van der Waals surface area contributed by atoms with Crippen LogP contribution in [0, 0.1) is 0 Å². The molecule has 0 aliphatic heterocycles. The van der Waals surface area contributed by atoms with E-state index in [-0.39, 0.29) is 0 Å². The minimum absolute atomic E-state index is 0.734. The van der Waals surface area contributed by atoms with E-state index in [1.165, 1.54) is 0 Å². The topological polar surface area (TPSA) is 40.0 Å². The van der Waals surface area contributed by atoms with E-state index >= 15 is 0 Å². The van der Waals surface area contributed by atoms with Crippen molar-refractivity contribution in [2.45, 2.75) is 46.2 Å². The first kappa shape index (κ1) is 17.8. The summed E-state index contributed by atoms with van der Waals surface area (Å²) in [5, 5.41) is 4.24. The van der Waals surface area contributed by atoms with Crippen molar-refractivity contribution < 1.29 is 13.7 Å². The number of rotatable bonds is 6. The Morgan fingerprint density at radius 3 is 2.05 bits per heavy atom. The number of nitrogens with zero attached hydrogens (tertiary/aromatic N) is 1. The van der Waals surface area contributed by atoms with Crippen molar-refractivity contribution in [1.82, 2.24) is 0 Å². The van der Waals surface area contributed by atoms with E-state index in [1.807, 2.05) is 25.1 Å². The first-order valence-electron chi connectivity index (χ1n) is 7.12. The van der Waals surface area contributed by atoms with Gasteiger partial charge in [-0.3, -0.25) is 0 Å². The van der Waals surface area contributed by atoms with Gasteiger partial charge in [-0.1, -0.05) is 0 Å². The van der Waals surface area contributed by atoms with Crippen LogP contribution in [-0.4, -0.2) is 29.5 Å². The maximum Gasteiger partial charge on any atom is 0.278 e. The number of hydrogen-bond acceptors (Lipinski definition) is 4. The number of benzene rings is 1. The molecule has 118 valence electrons. The summed E-state index contributed by atoms with van der Waals surface area (Å²) < 4.78 is 17.1. The highest BCUT2D eigenvalue weighted by molar-refractivity contribution is 6.70. The van der Waals surface area contributed by atoms with Gasteiger partial charge >= 0.3 is 0 Å². The quantitative estimate of drug-likeness (QED) is 0.440. The predicted octanol–water partition coefficient (Wildman–Crippen LogP) is 4.48. The van der Waals surface area contributed by atoms with Crippen LogP contribution in [0.1, 0.15) is 12.5 Å². The van der Waals surface area contributed by atoms with Gasteiger partial charge in [0.25, 0.3) is 8.32 Å². The Hall–Kier alpha value is -1.28. The minimum atomic E-state index is -1.66. The summed E-state index contributed by atoms with van der Waals surface area (Å²) >= 11 is 0. The largest absolute Gasteiger partial charge is 0.542 e. The molecule has 1 aromatic rings. The number of ether oxygens (including phenoxy) is 1. The normalized spacial score (nSPS) is 13.0. The third kappa shape index (κ3) is 6.35. The number of oxime groups is 1. The van der Waals surface area contributed by atoms with Gasteiger partial charge in [-0.2, -0.15) is 0 Å². The molecule has 0 radical (unpaired) electrons. The minimum Gasteiger partial charge on any atom is -0.542 e. The van der Waals surface area contributed by atoms with Crippen molar-refractivity contribution in [2.75, 3.05) is 7.11 Å². The van der Waals surface area contributed by atoms with E-state index in [2.05, 4.69) is 44.4 Å². The lowest BCUT2D eigenvalue weighted by atomic mass is 10.1. The van der Waals surface area contributed by atoms with Crippen molar-refractivity contribution in [3.63, 3.8) is 0 Å². The summed E-state index contributed by atoms with van der Waals surface area (Å²) in [5.41, 5.74) is 1.82. The molecule has 0 saturated carbocycles. The van der Waals surface area contributed by atoms with Crippen LogP contribution in [0.3, 0.4) is 0 Å². The van der Waals surface area contributed by atoms with Gasteiger partial charge in [0.05, 0.1) is 12.8 Å². The van der Waals surface area contributed by atoms with Gasteiger partial charge in [0, 0.05) is 5.56 Å². The second-order valence-corrected chi connectivity index (χ2v) is 15.8. The Morgan fingerprint density at radius 1 is 0.952 bits per heavy atom. The molecule has 0 aliphatic carbocycles. The predicted molar refractivity (Wildman–Crippen MR) is 93.6 cm³/mol. The molecule has 21 heavy (non-hydrogen) atoms. The summed E-state index contributed by atoms with van der Waals surface area (Å²) in [6.07, 6.45) is 0. The Labute approximate surface area is 130 Å². The fourth-order valence-electron chi connectivity index (χ4n) is 1.56. The Balaban J connectivity index is 3.02. The zero-order valence-electron chi connectivity index (χ0n) is 14.4.